The van der Waals surface area contributed by atoms with Crippen LogP contribution in [-0.4, -0.2) is 32.8 Å². The molecule has 0 aliphatic heterocycles. The van der Waals surface area contributed by atoms with Crippen LogP contribution < -0.4 is 10.1 Å². The van der Waals surface area contributed by atoms with E-state index in [4.69, 9.17) is 4.74 Å². The van der Waals surface area contributed by atoms with Crippen LogP contribution in [0.5, 0.6) is 5.75 Å². The third kappa shape index (κ3) is 2.81. The second-order valence-electron chi connectivity index (χ2n) is 5.90. The molecule has 2 heterocycles. The fraction of sp³-hybridized carbons (Fsp3) is 0.375. The summed E-state index contributed by atoms with van der Waals surface area (Å²) in [6.45, 7) is 3.97. The van der Waals surface area contributed by atoms with Crippen molar-refractivity contribution in [1.29, 1.82) is 0 Å². The molecule has 3 aromatic rings. The number of anilines is 1. The van der Waals surface area contributed by atoms with Crippen LogP contribution in [0.3, 0.4) is 0 Å². The Morgan fingerprint density at radius 1 is 1.35 bits per heavy atom. The van der Waals surface area contributed by atoms with Gasteiger partial charge >= 0.3 is 0 Å². The molecular weight excluding hydrogens is 294 g/mol. The van der Waals surface area contributed by atoms with Gasteiger partial charge in [-0.3, -0.25) is 10.1 Å². The normalized spacial score (nSPS) is 11.3. The summed E-state index contributed by atoms with van der Waals surface area (Å²) in [5, 5.41) is 11.9. The average Bonchev–Trinajstić information content (AvgIpc) is 2.78. The maximum absolute atomic E-state index is 11.9. The number of methoxy groups -OCH3 is 1. The summed E-state index contributed by atoms with van der Waals surface area (Å²) in [5.74, 6) is 1.14. The molecule has 0 aliphatic rings. The highest BCUT2D eigenvalue weighted by molar-refractivity contribution is 6.05. The molecule has 0 bridgehead atoms. The molecule has 0 unspecified atom stereocenters. The number of fused-ring (bicyclic) bond motifs is 3. The van der Waals surface area contributed by atoms with E-state index in [1.807, 2.05) is 43.7 Å². The maximum atomic E-state index is 11.9. The van der Waals surface area contributed by atoms with Gasteiger partial charge in [-0.05, 0) is 24.1 Å². The summed E-state index contributed by atoms with van der Waals surface area (Å²) in [7, 11) is 3.53. The molecule has 23 heavy (non-hydrogen) atoms. The molecule has 0 saturated heterocycles. The second kappa shape index (κ2) is 5.83. The van der Waals surface area contributed by atoms with Crippen molar-refractivity contribution in [3.8, 4) is 5.75 Å². The first kappa shape index (κ1) is 15.2. The van der Waals surface area contributed by atoms with Gasteiger partial charge in [0.2, 0.25) is 5.91 Å². The lowest BCUT2D eigenvalue weighted by atomic mass is 10.1. The summed E-state index contributed by atoms with van der Waals surface area (Å²) in [4.78, 5) is 16.3. The van der Waals surface area contributed by atoms with Gasteiger partial charge in [0.15, 0.2) is 5.65 Å². The van der Waals surface area contributed by atoms with E-state index in [0.717, 1.165) is 16.7 Å². The van der Waals surface area contributed by atoms with Gasteiger partial charge in [-0.15, -0.1) is 10.2 Å². The van der Waals surface area contributed by atoms with Crippen molar-refractivity contribution in [2.24, 2.45) is 13.0 Å². The third-order valence-electron chi connectivity index (χ3n) is 3.65. The highest BCUT2D eigenvalue weighted by atomic mass is 16.5. The Balaban J connectivity index is 2.04. The Kier molecular flexibility index (Phi) is 3.85. The molecule has 3 rings (SSSR count). The van der Waals surface area contributed by atoms with Gasteiger partial charge in [0.25, 0.3) is 5.95 Å². The van der Waals surface area contributed by atoms with E-state index in [-0.39, 0.29) is 17.8 Å². The first-order valence-electron chi connectivity index (χ1n) is 7.46. The monoisotopic (exact) mass is 313 g/mol. The maximum Gasteiger partial charge on any atom is 0.251 e. The predicted octanol–water partition coefficient (Wildman–Crippen LogP) is 2.51. The Morgan fingerprint density at radius 3 is 2.83 bits per heavy atom. The molecule has 1 aromatic carbocycles. The number of carbonyl (C=O) groups excluding carboxylic acids is 1. The Bertz CT molecular complexity index is 885. The van der Waals surface area contributed by atoms with Crippen molar-refractivity contribution in [3.63, 3.8) is 0 Å². The average molecular weight is 313 g/mol. The van der Waals surface area contributed by atoms with E-state index >= 15 is 0 Å². The van der Waals surface area contributed by atoms with E-state index in [2.05, 4.69) is 20.5 Å². The number of nitrogens with one attached hydrogen (secondary N) is 1. The smallest absolute Gasteiger partial charge is 0.251 e. The van der Waals surface area contributed by atoms with Crippen LogP contribution in [0.25, 0.3) is 22.1 Å². The van der Waals surface area contributed by atoms with Crippen LogP contribution in [0.4, 0.5) is 5.95 Å². The van der Waals surface area contributed by atoms with E-state index in [9.17, 15) is 4.79 Å². The minimum atomic E-state index is -0.110. The molecule has 2 aromatic heterocycles. The Hall–Kier alpha value is -2.70. The van der Waals surface area contributed by atoms with E-state index < -0.39 is 0 Å². The van der Waals surface area contributed by atoms with Gasteiger partial charge in [-0.2, -0.15) is 4.98 Å². The third-order valence-corrected chi connectivity index (χ3v) is 3.65. The van der Waals surface area contributed by atoms with Gasteiger partial charge in [-0.25, -0.2) is 0 Å². The number of nitrogens with zero attached hydrogens (tertiary/aromatic N) is 4. The molecule has 0 atom stereocenters. The zero-order valence-corrected chi connectivity index (χ0v) is 13.6. The summed E-state index contributed by atoms with van der Waals surface area (Å²) < 4.78 is 7.19. The van der Waals surface area contributed by atoms with Gasteiger partial charge in [-0.1, -0.05) is 13.8 Å². The van der Waals surface area contributed by atoms with Crippen LogP contribution >= 0.6 is 0 Å². The van der Waals surface area contributed by atoms with Gasteiger partial charge < -0.3 is 9.30 Å². The van der Waals surface area contributed by atoms with Crippen LogP contribution in [-0.2, 0) is 11.8 Å². The molecule has 1 amide bonds. The summed E-state index contributed by atoms with van der Waals surface area (Å²) in [6, 6.07) is 5.75. The standard InChI is InChI=1S/C16H19N5O2/c1-9(2)7-13(22)17-16-18-15-14(19-20-16)11-8-10(23-4)5-6-12(11)21(15)3/h5-6,8-9H,7H2,1-4H3,(H,17,18,20,22). The molecule has 0 saturated carbocycles. The zero-order valence-electron chi connectivity index (χ0n) is 13.6. The number of ether oxygens (including phenoxy) is 1. The van der Waals surface area contributed by atoms with Crippen molar-refractivity contribution < 1.29 is 9.53 Å². The zero-order chi connectivity index (χ0) is 16.6. The molecule has 120 valence electrons. The number of benzene rings is 1. The summed E-state index contributed by atoms with van der Waals surface area (Å²) >= 11 is 0. The lowest BCUT2D eigenvalue weighted by Crippen LogP contribution is -2.16. The number of hydrogen-bond acceptors (Lipinski definition) is 5. The molecule has 1 N–H and O–H groups in total. The van der Waals surface area contributed by atoms with Crippen molar-refractivity contribution in [2.75, 3.05) is 12.4 Å². The Labute approximate surface area is 133 Å². The first-order chi connectivity index (χ1) is 11.0. The molecule has 0 aliphatic carbocycles. The van der Waals surface area contributed by atoms with Crippen LogP contribution in [0.2, 0.25) is 0 Å². The Morgan fingerprint density at radius 2 is 2.13 bits per heavy atom. The molecule has 0 spiro atoms. The van der Waals surface area contributed by atoms with Crippen LogP contribution in [0.15, 0.2) is 18.2 Å². The number of rotatable bonds is 4. The molecular formula is C16H19N5O2. The minimum Gasteiger partial charge on any atom is -0.497 e. The summed E-state index contributed by atoms with van der Waals surface area (Å²) in [5.41, 5.74) is 2.33. The number of hydrogen-bond donors (Lipinski definition) is 1. The fourth-order valence-corrected chi connectivity index (χ4v) is 2.56. The highest BCUT2D eigenvalue weighted by Crippen LogP contribution is 2.28. The fourth-order valence-electron chi connectivity index (χ4n) is 2.56. The van der Waals surface area contributed by atoms with Crippen LogP contribution in [0, 0.1) is 5.92 Å². The quantitative estimate of drug-likeness (QED) is 0.800. The van der Waals surface area contributed by atoms with Gasteiger partial charge in [0.05, 0.1) is 12.6 Å². The number of aryl methyl sites for hydroxylation is 1. The van der Waals surface area contributed by atoms with E-state index in [1.54, 1.807) is 7.11 Å². The van der Waals surface area contributed by atoms with E-state index in [1.165, 1.54) is 0 Å². The van der Waals surface area contributed by atoms with Crippen molar-refractivity contribution in [3.05, 3.63) is 18.2 Å². The van der Waals surface area contributed by atoms with Crippen molar-refractivity contribution in [1.82, 2.24) is 19.7 Å². The first-order valence-corrected chi connectivity index (χ1v) is 7.46. The highest BCUT2D eigenvalue weighted by Gasteiger charge is 2.14. The molecule has 7 nitrogen and oxygen atoms in total. The van der Waals surface area contributed by atoms with Gasteiger partial charge in [0.1, 0.15) is 11.3 Å². The lowest BCUT2D eigenvalue weighted by molar-refractivity contribution is -0.116. The molecule has 0 fully saturated rings. The van der Waals surface area contributed by atoms with Gasteiger partial charge in [0, 0.05) is 18.9 Å². The number of amides is 1. The number of carbonyl (C=O) groups is 1. The molecule has 0 radical (unpaired) electrons. The SMILES string of the molecule is COc1ccc2c(c1)c1nnc(NC(=O)CC(C)C)nc1n2C. The number of aromatic nitrogens is 4. The lowest BCUT2D eigenvalue weighted by Gasteiger charge is -2.05. The molecule has 7 heteroatoms. The summed E-state index contributed by atoms with van der Waals surface area (Å²) in [6.07, 6.45) is 0.424. The predicted molar refractivity (Wildman–Crippen MR) is 88.4 cm³/mol. The van der Waals surface area contributed by atoms with Crippen molar-refractivity contribution in [2.45, 2.75) is 20.3 Å². The second-order valence-corrected chi connectivity index (χ2v) is 5.90. The van der Waals surface area contributed by atoms with Crippen molar-refractivity contribution >= 4 is 33.9 Å². The topological polar surface area (TPSA) is 81.9 Å². The minimum absolute atomic E-state index is 0.110. The van der Waals surface area contributed by atoms with E-state index in [0.29, 0.717) is 17.6 Å². The largest absolute Gasteiger partial charge is 0.497 e. The van der Waals surface area contributed by atoms with Crippen LogP contribution in [0.1, 0.15) is 20.3 Å².